The van der Waals surface area contributed by atoms with Crippen LogP contribution in [0.4, 0.5) is 0 Å². The number of carboxylic acid groups (broad SMARTS) is 2. The van der Waals surface area contributed by atoms with Crippen molar-refractivity contribution < 1.29 is 19.8 Å². The third-order valence-electron chi connectivity index (χ3n) is 2.30. The molecule has 118 valence electrons. The van der Waals surface area contributed by atoms with Crippen molar-refractivity contribution in [1.82, 2.24) is 9.97 Å². The molecule has 2 aromatic heterocycles. The summed E-state index contributed by atoms with van der Waals surface area (Å²) in [6, 6.07) is 0. The quantitative estimate of drug-likeness (QED) is 0.603. The Kier molecular flexibility index (Phi) is 8.07. The third kappa shape index (κ3) is 7.01. The first-order chi connectivity index (χ1) is 10.4. The van der Waals surface area contributed by atoms with E-state index in [0.717, 1.165) is 17.3 Å². The number of rotatable bonds is 5. The minimum atomic E-state index is -1.26. The molecule has 0 bridgehead atoms. The molecule has 2 aromatic rings. The molecule has 0 amide bonds. The highest BCUT2D eigenvalue weighted by Crippen LogP contribution is 2.33. The van der Waals surface area contributed by atoms with Crippen LogP contribution < -0.4 is 0 Å². The number of carbonyl (C=O) groups is 2. The maximum Gasteiger partial charge on any atom is 0.328 e. The first-order valence-corrected chi connectivity index (χ1v) is 8.39. The summed E-state index contributed by atoms with van der Waals surface area (Å²) in [5.41, 5.74) is 1.18. The van der Waals surface area contributed by atoms with Crippen LogP contribution in [-0.4, -0.2) is 32.1 Å². The first-order valence-electron chi connectivity index (χ1n) is 5.92. The van der Waals surface area contributed by atoms with Gasteiger partial charge in [0, 0.05) is 43.2 Å². The maximum absolute atomic E-state index is 9.55. The predicted octanol–water partition coefficient (Wildman–Crippen LogP) is 3.49. The van der Waals surface area contributed by atoms with Crippen molar-refractivity contribution in [3.8, 4) is 0 Å². The van der Waals surface area contributed by atoms with Crippen LogP contribution in [0.2, 0.25) is 0 Å². The monoisotopic (exact) mass is 450 g/mol. The summed E-state index contributed by atoms with van der Waals surface area (Å²) in [5.74, 6) is -2.51. The highest BCUT2D eigenvalue weighted by atomic mass is 79.9. The molecule has 0 atom stereocenters. The zero-order valence-electron chi connectivity index (χ0n) is 11.1. The highest BCUT2D eigenvalue weighted by molar-refractivity contribution is 9.13. The standard InChI is InChI=1S/C9H8Br2N2S.C4H4O4/c10-7-4-14-8(9(7)11)2-1-6-3-12-5-13-6;5-3(6)1-2-4(7)8/h3-5H,1-2H2,(H,12,13);1-2H,(H,5,6)(H,7,8)/b;2-1+. The van der Waals surface area contributed by atoms with Gasteiger partial charge in [0.25, 0.3) is 0 Å². The number of thiophene rings is 1. The Morgan fingerprint density at radius 1 is 1.23 bits per heavy atom. The Morgan fingerprint density at radius 2 is 1.86 bits per heavy atom. The van der Waals surface area contributed by atoms with Crippen LogP contribution in [0.1, 0.15) is 10.6 Å². The zero-order valence-corrected chi connectivity index (χ0v) is 15.1. The Hall–Kier alpha value is -1.45. The van der Waals surface area contributed by atoms with Gasteiger partial charge in [0.15, 0.2) is 0 Å². The van der Waals surface area contributed by atoms with Crippen molar-refractivity contribution in [2.75, 3.05) is 0 Å². The maximum atomic E-state index is 9.55. The molecular formula is C13H12Br2N2O4S. The van der Waals surface area contributed by atoms with Crippen LogP contribution in [0, 0.1) is 0 Å². The number of hydrogen-bond donors (Lipinski definition) is 3. The van der Waals surface area contributed by atoms with Gasteiger partial charge in [-0.2, -0.15) is 0 Å². The second kappa shape index (κ2) is 9.54. The van der Waals surface area contributed by atoms with E-state index in [1.807, 2.05) is 6.20 Å². The topological polar surface area (TPSA) is 103 Å². The Bertz CT molecular complexity index is 637. The van der Waals surface area contributed by atoms with Crippen LogP contribution in [0.15, 0.2) is 39.0 Å². The Labute approximate surface area is 147 Å². The van der Waals surface area contributed by atoms with Crippen LogP contribution in [0.25, 0.3) is 0 Å². The molecule has 0 aliphatic rings. The lowest BCUT2D eigenvalue weighted by Gasteiger charge is -1.96. The molecular weight excluding hydrogens is 440 g/mol. The molecule has 3 N–H and O–H groups in total. The van der Waals surface area contributed by atoms with Gasteiger partial charge in [0.05, 0.1) is 6.33 Å². The van der Waals surface area contributed by atoms with Crippen molar-refractivity contribution in [2.24, 2.45) is 0 Å². The minimum absolute atomic E-state index is 0.558. The van der Waals surface area contributed by atoms with E-state index >= 15 is 0 Å². The number of hydrogen-bond acceptors (Lipinski definition) is 4. The summed E-state index contributed by atoms with van der Waals surface area (Å²) in [5, 5.41) is 17.7. The van der Waals surface area contributed by atoms with E-state index in [2.05, 4.69) is 47.2 Å². The van der Waals surface area contributed by atoms with E-state index in [0.29, 0.717) is 12.2 Å². The van der Waals surface area contributed by atoms with Crippen molar-refractivity contribution in [3.63, 3.8) is 0 Å². The summed E-state index contributed by atoms with van der Waals surface area (Å²) in [6.45, 7) is 0. The number of aliphatic carboxylic acids is 2. The molecule has 0 radical (unpaired) electrons. The molecule has 0 unspecified atom stereocenters. The second-order valence-corrected chi connectivity index (χ2v) is 6.52. The fourth-order valence-corrected chi connectivity index (χ4v) is 3.53. The highest BCUT2D eigenvalue weighted by Gasteiger charge is 2.06. The molecule has 2 heterocycles. The fraction of sp³-hybridized carbons (Fsp3) is 0.154. The number of aromatic nitrogens is 2. The van der Waals surface area contributed by atoms with Gasteiger partial charge in [-0.15, -0.1) is 11.3 Å². The summed E-state index contributed by atoms with van der Waals surface area (Å²) < 4.78 is 2.32. The van der Waals surface area contributed by atoms with Gasteiger partial charge < -0.3 is 15.2 Å². The van der Waals surface area contributed by atoms with Crippen molar-refractivity contribution in [1.29, 1.82) is 0 Å². The molecule has 0 saturated heterocycles. The molecule has 0 fully saturated rings. The van der Waals surface area contributed by atoms with E-state index in [-0.39, 0.29) is 0 Å². The molecule has 9 heteroatoms. The van der Waals surface area contributed by atoms with Crippen LogP contribution in [0.3, 0.4) is 0 Å². The van der Waals surface area contributed by atoms with E-state index in [9.17, 15) is 9.59 Å². The van der Waals surface area contributed by atoms with Gasteiger partial charge >= 0.3 is 11.9 Å². The molecule has 0 spiro atoms. The number of nitrogens with one attached hydrogen (secondary N) is 1. The van der Waals surface area contributed by atoms with Crippen molar-refractivity contribution in [2.45, 2.75) is 12.8 Å². The van der Waals surface area contributed by atoms with Crippen molar-refractivity contribution >= 4 is 55.1 Å². The third-order valence-corrected chi connectivity index (χ3v) is 5.98. The second-order valence-electron chi connectivity index (χ2n) is 3.91. The summed E-state index contributed by atoms with van der Waals surface area (Å²) in [7, 11) is 0. The first kappa shape index (κ1) is 18.6. The number of H-pyrrole nitrogens is 1. The van der Waals surface area contributed by atoms with Crippen LogP contribution in [0.5, 0.6) is 0 Å². The largest absolute Gasteiger partial charge is 0.478 e. The van der Waals surface area contributed by atoms with Gasteiger partial charge in [-0.3, -0.25) is 0 Å². The SMILES string of the molecule is Brc1csc(CCc2cnc[nH]2)c1Br.O=C(O)/C=C/C(=O)O. The number of carboxylic acids is 2. The number of imidazole rings is 1. The van der Waals surface area contributed by atoms with E-state index < -0.39 is 11.9 Å². The number of aromatic amines is 1. The smallest absolute Gasteiger partial charge is 0.328 e. The van der Waals surface area contributed by atoms with Crippen LogP contribution in [-0.2, 0) is 22.4 Å². The van der Waals surface area contributed by atoms with Crippen molar-refractivity contribution in [3.05, 3.63) is 49.6 Å². The van der Waals surface area contributed by atoms with Gasteiger partial charge in [-0.25, -0.2) is 14.6 Å². The molecule has 0 saturated carbocycles. The van der Waals surface area contributed by atoms with Crippen LogP contribution >= 0.6 is 43.2 Å². The van der Waals surface area contributed by atoms with E-state index in [4.69, 9.17) is 10.2 Å². The summed E-state index contributed by atoms with van der Waals surface area (Å²) >= 11 is 8.80. The molecule has 0 aliphatic carbocycles. The Morgan fingerprint density at radius 3 is 2.27 bits per heavy atom. The average molecular weight is 452 g/mol. The fourth-order valence-electron chi connectivity index (χ4n) is 1.34. The zero-order chi connectivity index (χ0) is 16.5. The minimum Gasteiger partial charge on any atom is -0.478 e. The molecule has 22 heavy (non-hydrogen) atoms. The predicted molar refractivity (Wildman–Crippen MR) is 90.1 cm³/mol. The van der Waals surface area contributed by atoms with Gasteiger partial charge in [-0.1, -0.05) is 0 Å². The summed E-state index contributed by atoms with van der Waals surface area (Å²) in [6.07, 6.45) is 6.75. The van der Waals surface area contributed by atoms with E-state index in [1.54, 1.807) is 17.7 Å². The lowest BCUT2D eigenvalue weighted by atomic mass is 10.2. The number of nitrogens with zero attached hydrogens (tertiary/aromatic N) is 1. The number of halogens is 2. The lowest BCUT2D eigenvalue weighted by Crippen LogP contribution is -1.91. The number of aryl methyl sites for hydroxylation is 2. The molecule has 0 aromatic carbocycles. The molecule has 2 rings (SSSR count). The molecule has 6 nitrogen and oxygen atoms in total. The Balaban J connectivity index is 0.000000261. The normalized spacial score (nSPS) is 10.3. The van der Waals surface area contributed by atoms with Gasteiger partial charge in [0.1, 0.15) is 0 Å². The average Bonchev–Trinajstić information content (AvgIpc) is 3.07. The summed E-state index contributed by atoms with van der Waals surface area (Å²) in [4.78, 5) is 27.6. The van der Waals surface area contributed by atoms with Gasteiger partial charge in [0.2, 0.25) is 0 Å². The van der Waals surface area contributed by atoms with Gasteiger partial charge in [-0.05, 0) is 44.7 Å². The lowest BCUT2D eigenvalue weighted by molar-refractivity contribution is -0.134. The van der Waals surface area contributed by atoms with E-state index in [1.165, 1.54) is 15.0 Å². The molecule has 0 aliphatic heterocycles.